The topological polar surface area (TPSA) is 68.3 Å². The van der Waals surface area contributed by atoms with Crippen molar-refractivity contribution in [2.75, 3.05) is 11.5 Å². The first-order valence-corrected chi connectivity index (χ1v) is 11.5. The quantitative estimate of drug-likeness (QED) is 0.736. The molecule has 0 aliphatic carbocycles. The van der Waals surface area contributed by atoms with Crippen molar-refractivity contribution in [1.82, 2.24) is 0 Å². The van der Waals surface area contributed by atoms with E-state index in [0.717, 1.165) is 11.1 Å². The number of benzene rings is 2. The van der Waals surface area contributed by atoms with E-state index in [1.807, 2.05) is 20.8 Å². The SMILES string of the molecule is CCC(CS(=O)(=O)c1ccc(C)cc1)CS(=O)(=O)c1ccc(C)cc1. The van der Waals surface area contributed by atoms with E-state index in [4.69, 9.17) is 0 Å². The highest BCUT2D eigenvalue weighted by molar-refractivity contribution is 7.92. The van der Waals surface area contributed by atoms with Gasteiger partial charge < -0.3 is 0 Å². The number of aryl methyl sites for hydroxylation is 2. The standard InChI is InChI=1S/C19H24O4S2/c1-4-17(13-24(20,21)18-9-5-15(2)6-10-18)14-25(22,23)19-11-7-16(3)8-12-19/h5-12,17H,4,13-14H2,1-3H3. The van der Waals surface area contributed by atoms with Gasteiger partial charge >= 0.3 is 0 Å². The minimum Gasteiger partial charge on any atom is -0.224 e. The summed E-state index contributed by atoms with van der Waals surface area (Å²) < 4.78 is 50.3. The second kappa shape index (κ2) is 7.70. The van der Waals surface area contributed by atoms with Gasteiger partial charge in [0.2, 0.25) is 0 Å². The van der Waals surface area contributed by atoms with Crippen LogP contribution < -0.4 is 0 Å². The summed E-state index contributed by atoms with van der Waals surface area (Å²) in [7, 11) is -7.03. The lowest BCUT2D eigenvalue weighted by atomic mass is 10.2. The van der Waals surface area contributed by atoms with E-state index in [1.165, 1.54) is 0 Å². The van der Waals surface area contributed by atoms with Crippen LogP contribution in [0.1, 0.15) is 24.5 Å². The molecule has 2 aromatic rings. The van der Waals surface area contributed by atoms with E-state index >= 15 is 0 Å². The Balaban J connectivity index is 2.19. The van der Waals surface area contributed by atoms with E-state index in [2.05, 4.69) is 0 Å². The zero-order valence-electron chi connectivity index (χ0n) is 14.8. The van der Waals surface area contributed by atoms with Crippen LogP contribution in [-0.4, -0.2) is 28.3 Å². The van der Waals surface area contributed by atoms with Crippen molar-refractivity contribution in [3.05, 3.63) is 59.7 Å². The second-order valence-corrected chi connectivity index (χ2v) is 10.5. The number of hydrogen-bond acceptors (Lipinski definition) is 4. The first-order chi connectivity index (χ1) is 11.6. The van der Waals surface area contributed by atoms with Crippen LogP contribution in [0.25, 0.3) is 0 Å². The summed E-state index contributed by atoms with van der Waals surface area (Å²) in [5, 5.41) is 0. The van der Waals surface area contributed by atoms with Crippen LogP contribution in [0.4, 0.5) is 0 Å². The Morgan fingerprint density at radius 1 is 0.680 bits per heavy atom. The fourth-order valence-corrected chi connectivity index (χ4v) is 6.17. The fourth-order valence-electron chi connectivity index (χ4n) is 2.59. The molecule has 4 nitrogen and oxygen atoms in total. The van der Waals surface area contributed by atoms with Gasteiger partial charge in [-0.3, -0.25) is 0 Å². The molecule has 0 saturated heterocycles. The molecule has 25 heavy (non-hydrogen) atoms. The van der Waals surface area contributed by atoms with Gasteiger partial charge in [-0.2, -0.15) is 0 Å². The molecular formula is C19H24O4S2. The van der Waals surface area contributed by atoms with Gasteiger partial charge in [-0.15, -0.1) is 0 Å². The average Bonchev–Trinajstić information content (AvgIpc) is 2.54. The van der Waals surface area contributed by atoms with E-state index in [0.29, 0.717) is 6.42 Å². The maximum atomic E-state index is 12.6. The lowest BCUT2D eigenvalue weighted by Crippen LogP contribution is -2.24. The molecule has 0 amide bonds. The molecule has 0 fully saturated rings. The predicted octanol–water partition coefficient (Wildman–Crippen LogP) is 3.58. The molecular weight excluding hydrogens is 356 g/mol. The van der Waals surface area contributed by atoms with Gasteiger partial charge in [0.25, 0.3) is 0 Å². The van der Waals surface area contributed by atoms with Crippen LogP contribution in [0.5, 0.6) is 0 Å². The highest BCUT2D eigenvalue weighted by Crippen LogP contribution is 2.21. The van der Waals surface area contributed by atoms with Crippen LogP contribution in [0.3, 0.4) is 0 Å². The summed E-state index contributed by atoms with van der Waals surface area (Å²) >= 11 is 0. The Kier molecular flexibility index (Phi) is 6.06. The summed E-state index contributed by atoms with van der Waals surface area (Å²) in [4.78, 5) is 0.480. The van der Waals surface area contributed by atoms with Crippen molar-refractivity contribution in [3.63, 3.8) is 0 Å². The van der Waals surface area contributed by atoms with Crippen LogP contribution in [0.15, 0.2) is 58.3 Å². The van der Waals surface area contributed by atoms with Crippen molar-refractivity contribution < 1.29 is 16.8 Å². The lowest BCUT2D eigenvalue weighted by molar-refractivity contribution is 0.549. The summed E-state index contributed by atoms with van der Waals surface area (Å²) in [6.07, 6.45) is 0.482. The molecule has 0 aliphatic heterocycles. The Bertz CT molecular complexity index is 833. The van der Waals surface area contributed by atoms with Crippen molar-refractivity contribution in [3.8, 4) is 0 Å². The highest BCUT2D eigenvalue weighted by atomic mass is 32.2. The Morgan fingerprint density at radius 3 is 1.28 bits per heavy atom. The average molecular weight is 381 g/mol. The van der Waals surface area contributed by atoms with E-state index in [1.54, 1.807) is 48.5 Å². The van der Waals surface area contributed by atoms with Crippen LogP contribution in [-0.2, 0) is 19.7 Å². The second-order valence-electron chi connectivity index (χ2n) is 6.46. The molecule has 0 atom stereocenters. The third-order valence-corrected chi connectivity index (χ3v) is 8.05. The summed E-state index contributed by atoms with van der Waals surface area (Å²) in [6.45, 7) is 5.60. The highest BCUT2D eigenvalue weighted by Gasteiger charge is 2.26. The molecule has 6 heteroatoms. The summed E-state index contributed by atoms with van der Waals surface area (Å²) in [5.41, 5.74) is 1.96. The maximum Gasteiger partial charge on any atom is 0.178 e. The van der Waals surface area contributed by atoms with E-state index in [-0.39, 0.29) is 21.3 Å². The molecule has 0 aliphatic rings. The van der Waals surface area contributed by atoms with Gasteiger partial charge in [0, 0.05) is 0 Å². The minimum atomic E-state index is -3.51. The Hall–Kier alpha value is -1.66. The lowest BCUT2D eigenvalue weighted by Gasteiger charge is -2.16. The Labute approximate surface area is 150 Å². The molecule has 0 saturated carbocycles. The molecule has 0 N–H and O–H groups in total. The number of hydrogen-bond donors (Lipinski definition) is 0. The number of rotatable bonds is 7. The van der Waals surface area contributed by atoms with Crippen LogP contribution in [0, 0.1) is 19.8 Å². The fraction of sp³-hybridized carbons (Fsp3) is 0.368. The molecule has 136 valence electrons. The molecule has 2 rings (SSSR count). The van der Waals surface area contributed by atoms with Crippen molar-refractivity contribution in [2.45, 2.75) is 37.0 Å². The largest absolute Gasteiger partial charge is 0.224 e. The molecule has 2 aromatic carbocycles. The minimum absolute atomic E-state index is 0.169. The van der Waals surface area contributed by atoms with Gasteiger partial charge in [-0.25, -0.2) is 16.8 Å². The first-order valence-electron chi connectivity index (χ1n) is 8.23. The molecule has 0 unspecified atom stereocenters. The van der Waals surface area contributed by atoms with Crippen molar-refractivity contribution in [1.29, 1.82) is 0 Å². The molecule has 0 heterocycles. The predicted molar refractivity (Wildman–Crippen MR) is 100 cm³/mol. The van der Waals surface area contributed by atoms with Crippen molar-refractivity contribution in [2.24, 2.45) is 5.92 Å². The molecule has 0 spiro atoms. The summed E-state index contributed by atoms with van der Waals surface area (Å²) in [6, 6.07) is 13.3. The van der Waals surface area contributed by atoms with E-state index in [9.17, 15) is 16.8 Å². The van der Waals surface area contributed by atoms with Crippen LogP contribution >= 0.6 is 0 Å². The zero-order chi connectivity index (χ0) is 18.7. The molecule has 0 radical (unpaired) electrons. The van der Waals surface area contributed by atoms with E-state index < -0.39 is 25.6 Å². The zero-order valence-corrected chi connectivity index (χ0v) is 16.4. The third-order valence-electron chi connectivity index (χ3n) is 4.25. The van der Waals surface area contributed by atoms with Gasteiger partial charge in [0.05, 0.1) is 21.3 Å². The normalized spacial score (nSPS) is 12.5. The smallest absolute Gasteiger partial charge is 0.178 e. The molecule has 0 aromatic heterocycles. The monoisotopic (exact) mass is 380 g/mol. The van der Waals surface area contributed by atoms with Gasteiger partial charge in [-0.05, 0) is 44.0 Å². The third kappa shape index (κ3) is 5.16. The number of sulfone groups is 2. The van der Waals surface area contributed by atoms with Gasteiger partial charge in [0.15, 0.2) is 19.7 Å². The first kappa shape index (κ1) is 19.7. The Morgan fingerprint density at radius 2 is 1.00 bits per heavy atom. The maximum absolute atomic E-state index is 12.6. The van der Waals surface area contributed by atoms with Crippen molar-refractivity contribution >= 4 is 19.7 Å². The van der Waals surface area contributed by atoms with Gasteiger partial charge in [-0.1, -0.05) is 48.7 Å². The van der Waals surface area contributed by atoms with Crippen LogP contribution in [0.2, 0.25) is 0 Å². The summed E-state index contributed by atoms with van der Waals surface area (Å²) in [5.74, 6) is -0.785. The molecule has 0 bridgehead atoms. The van der Waals surface area contributed by atoms with Gasteiger partial charge in [0.1, 0.15) is 0 Å².